The summed E-state index contributed by atoms with van der Waals surface area (Å²) in [6.07, 6.45) is 0. The average Bonchev–Trinajstić information content (AvgIpc) is 2.75. The Labute approximate surface area is 176 Å². The van der Waals surface area contributed by atoms with E-state index in [2.05, 4.69) is 91.2 Å². The van der Waals surface area contributed by atoms with E-state index in [0.29, 0.717) is 0 Å². The van der Waals surface area contributed by atoms with Crippen molar-refractivity contribution in [2.24, 2.45) is 0 Å². The molecule has 0 radical (unpaired) electrons. The minimum absolute atomic E-state index is 0.940. The van der Waals surface area contributed by atoms with Crippen LogP contribution in [0.1, 0.15) is 5.56 Å². The first-order valence-corrected chi connectivity index (χ1v) is 12.8. The average molecular weight is 406 g/mol. The van der Waals surface area contributed by atoms with Crippen LogP contribution in [0.15, 0.2) is 78.9 Å². The van der Waals surface area contributed by atoms with Crippen LogP contribution in [-0.4, -0.2) is 8.07 Å². The maximum atomic E-state index is 6.45. The van der Waals surface area contributed by atoms with E-state index in [1.165, 1.54) is 32.5 Å². The number of benzene rings is 4. The van der Waals surface area contributed by atoms with Gasteiger partial charge < -0.3 is 14.4 Å². The van der Waals surface area contributed by atoms with Crippen LogP contribution in [0.5, 0.6) is 23.0 Å². The standard InChI is InChI=1S/C26H19NO2Si/c1-16-12-14-17(15-13-16)27-18-6-3-8-20-24(18)30(2)25-19(27)7-4-9-21(25)29-23-11-5-10-22(28-20)26(23)30/h3-15H,1-2H3. The smallest absolute Gasteiger partial charge is 0.170 e. The van der Waals surface area contributed by atoms with Crippen molar-refractivity contribution >= 4 is 40.7 Å². The Morgan fingerprint density at radius 3 is 1.60 bits per heavy atom. The maximum absolute atomic E-state index is 6.45. The summed E-state index contributed by atoms with van der Waals surface area (Å²) in [5.41, 5.74) is 4.85. The van der Waals surface area contributed by atoms with Gasteiger partial charge in [0.1, 0.15) is 23.0 Å². The van der Waals surface area contributed by atoms with Crippen LogP contribution < -0.4 is 29.9 Å². The Morgan fingerprint density at radius 2 is 1.07 bits per heavy atom. The Kier molecular flexibility index (Phi) is 2.91. The lowest BCUT2D eigenvalue weighted by molar-refractivity contribution is 0.463. The molecule has 30 heavy (non-hydrogen) atoms. The highest BCUT2D eigenvalue weighted by Crippen LogP contribution is 2.48. The molecule has 3 heterocycles. The molecule has 0 saturated heterocycles. The fourth-order valence-corrected chi connectivity index (χ4v) is 10.1. The molecule has 4 aromatic carbocycles. The van der Waals surface area contributed by atoms with Gasteiger partial charge in [-0.15, -0.1) is 0 Å². The molecule has 0 aromatic heterocycles. The van der Waals surface area contributed by atoms with Gasteiger partial charge in [0, 0.05) is 32.6 Å². The van der Waals surface area contributed by atoms with Gasteiger partial charge in [0.25, 0.3) is 0 Å². The largest absolute Gasteiger partial charge is 0.457 e. The number of nitrogens with zero attached hydrogens (tertiary/aromatic N) is 1. The summed E-state index contributed by atoms with van der Waals surface area (Å²) in [7, 11) is -2.28. The second-order valence-corrected chi connectivity index (χ2v) is 12.2. The van der Waals surface area contributed by atoms with Gasteiger partial charge in [0.05, 0.1) is 0 Å². The zero-order chi connectivity index (χ0) is 20.0. The molecular weight excluding hydrogens is 386 g/mol. The summed E-state index contributed by atoms with van der Waals surface area (Å²) in [4.78, 5) is 2.37. The molecule has 4 aromatic rings. The van der Waals surface area contributed by atoms with E-state index in [1.807, 2.05) is 6.07 Å². The number of ether oxygens (including phenoxy) is 2. The van der Waals surface area contributed by atoms with Crippen molar-refractivity contribution in [3.63, 3.8) is 0 Å². The van der Waals surface area contributed by atoms with Crippen molar-refractivity contribution in [2.75, 3.05) is 4.90 Å². The summed E-state index contributed by atoms with van der Waals surface area (Å²) in [6, 6.07) is 27.8. The van der Waals surface area contributed by atoms with E-state index in [-0.39, 0.29) is 0 Å². The number of hydrogen-bond acceptors (Lipinski definition) is 3. The summed E-state index contributed by atoms with van der Waals surface area (Å²) < 4.78 is 12.9. The van der Waals surface area contributed by atoms with E-state index in [0.717, 1.165) is 28.7 Å². The molecule has 0 N–H and O–H groups in total. The van der Waals surface area contributed by atoms with Gasteiger partial charge in [-0.05, 0) is 55.5 Å². The van der Waals surface area contributed by atoms with Crippen molar-refractivity contribution in [1.82, 2.24) is 0 Å². The summed E-state index contributed by atoms with van der Waals surface area (Å²) in [5.74, 6) is 3.84. The first kappa shape index (κ1) is 16.3. The summed E-state index contributed by atoms with van der Waals surface area (Å²) in [6.45, 7) is 4.58. The van der Waals surface area contributed by atoms with Gasteiger partial charge >= 0.3 is 0 Å². The van der Waals surface area contributed by atoms with Crippen molar-refractivity contribution in [3.8, 4) is 23.0 Å². The Hall–Kier alpha value is -3.50. The second kappa shape index (κ2) is 5.35. The van der Waals surface area contributed by atoms with Gasteiger partial charge in [-0.3, -0.25) is 0 Å². The van der Waals surface area contributed by atoms with Crippen LogP contribution in [-0.2, 0) is 0 Å². The quantitative estimate of drug-likeness (QED) is 0.363. The van der Waals surface area contributed by atoms with Crippen molar-refractivity contribution in [2.45, 2.75) is 13.5 Å². The molecular formula is C26H19NO2Si. The lowest BCUT2D eigenvalue weighted by atomic mass is 10.1. The highest BCUT2D eigenvalue weighted by molar-refractivity contribution is 7.14. The first-order chi connectivity index (χ1) is 14.7. The Morgan fingerprint density at radius 1 is 0.600 bits per heavy atom. The van der Waals surface area contributed by atoms with Crippen LogP contribution >= 0.6 is 0 Å². The Balaban J connectivity index is 1.64. The monoisotopic (exact) mass is 405 g/mol. The van der Waals surface area contributed by atoms with E-state index in [1.54, 1.807) is 0 Å². The predicted molar refractivity (Wildman–Crippen MR) is 123 cm³/mol. The summed E-state index contributed by atoms with van der Waals surface area (Å²) in [5, 5.41) is 3.94. The number of hydrogen-bond donors (Lipinski definition) is 0. The van der Waals surface area contributed by atoms with Crippen molar-refractivity contribution in [3.05, 3.63) is 84.4 Å². The molecule has 3 aliphatic rings. The first-order valence-electron chi connectivity index (χ1n) is 10.3. The van der Waals surface area contributed by atoms with Crippen LogP contribution in [0, 0.1) is 6.92 Å². The topological polar surface area (TPSA) is 21.7 Å². The molecule has 7 rings (SSSR count). The van der Waals surface area contributed by atoms with Crippen LogP contribution in [0.25, 0.3) is 0 Å². The SMILES string of the molecule is Cc1ccc(N2c3cccc4c3[Si]3(C)c5c(cccc5Oc5cccc2c53)O4)cc1. The Bertz CT molecular complexity index is 1300. The summed E-state index contributed by atoms with van der Waals surface area (Å²) >= 11 is 0. The van der Waals surface area contributed by atoms with Gasteiger partial charge in [-0.25, -0.2) is 0 Å². The van der Waals surface area contributed by atoms with Gasteiger partial charge in [-0.1, -0.05) is 42.4 Å². The van der Waals surface area contributed by atoms with E-state index in [9.17, 15) is 0 Å². The molecule has 0 bridgehead atoms. The zero-order valence-corrected chi connectivity index (χ0v) is 17.8. The molecule has 4 heteroatoms. The van der Waals surface area contributed by atoms with Crippen LogP contribution in [0.2, 0.25) is 6.55 Å². The molecule has 0 unspecified atom stereocenters. The molecule has 0 fully saturated rings. The molecule has 0 spiro atoms. The second-order valence-electron chi connectivity index (χ2n) is 8.43. The fraction of sp³-hybridized carbons (Fsp3) is 0.0769. The third kappa shape index (κ3) is 1.81. The van der Waals surface area contributed by atoms with Crippen LogP contribution in [0.3, 0.4) is 0 Å². The van der Waals surface area contributed by atoms with Crippen molar-refractivity contribution in [1.29, 1.82) is 0 Å². The minimum atomic E-state index is -2.28. The molecule has 0 atom stereocenters. The molecule has 144 valence electrons. The predicted octanol–water partition coefficient (Wildman–Crippen LogP) is 5.09. The molecule has 0 saturated carbocycles. The van der Waals surface area contributed by atoms with Gasteiger partial charge in [0.2, 0.25) is 0 Å². The molecule has 0 aliphatic carbocycles. The van der Waals surface area contributed by atoms with Gasteiger partial charge in [-0.2, -0.15) is 0 Å². The van der Waals surface area contributed by atoms with E-state index >= 15 is 0 Å². The normalized spacial score (nSPS) is 15.7. The van der Waals surface area contributed by atoms with Crippen LogP contribution in [0.4, 0.5) is 17.1 Å². The number of anilines is 3. The van der Waals surface area contributed by atoms with Crippen molar-refractivity contribution < 1.29 is 9.47 Å². The lowest BCUT2D eigenvalue weighted by Gasteiger charge is -2.48. The van der Waals surface area contributed by atoms with E-state index in [4.69, 9.17) is 9.47 Å². The highest BCUT2D eigenvalue weighted by Gasteiger charge is 2.54. The van der Waals surface area contributed by atoms with Gasteiger partial charge in [0.15, 0.2) is 8.07 Å². The maximum Gasteiger partial charge on any atom is 0.170 e. The zero-order valence-electron chi connectivity index (χ0n) is 16.8. The third-order valence-corrected chi connectivity index (χ3v) is 11.2. The molecule has 3 aliphatic heterocycles. The fourth-order valence-electron chi connectivity index (χ4n) is 5.47. The number of aryl methyl sites for hydroxylation is 1. The molecule has 0 amide bonds. The van der Waals surface area contributed by atoms with E-state index < -0.39 is 8.07 Å². The minimum Gasteiger partial charge on any atom is -0.457 e. The lowest BCUT2D eigenvalue weighted by Crippen LogP contribution is -2.71. The number of rotatable bonds is 1. The molecule has 3 nitrogen and oxygen atoms in total. The third-order valence-electron chi connectivity index (χ3n) is 6.71. The highest BCUT2D eigenvalue weighted by atomic mass is 28.3.